The van der Waals surface area contributed by atoms with Gasteiger partial charge in [-0.1, -0.05) is 23.8 Å². The number of fused-ring (bicyclic) bond motifs is 1. The van der Waals surface area contributed by atoms with Crippen LogP contribution in [0.15, 0.2) is 36.4 Å². The van der Waals surface area contributed by atoms with E-state index < -0.39 is 0 Å². The first-order valence-electron chi connectivity index (χ1n) is 10.8. The van der Waals surface area contributed by atoms with E-state index in [4.69, 9.17) is 9.47 Å². The van der Waals surface area contributed by atoms with E-state index in [1.807, 2.05) is 44.2 Å². The molecule has 0 aliphatic carbocycles. The van der Waals surface area contributed by atoms with Crippen molar-refractivity contribution in [2.75, 3.05) is 37.9 Å². The molecule has 1 atom stereocenters. The summed E-state index contributed by atoms with van der Waals surface area (Å²) in [5.41, 5.74) is 3.97. The van der Waals surface area contributed by atoms with E-state index in [-0.39, 0.29) is 31.1 Å². The van der Waals surface area contributed by atoms with E-state index in [9.17, 15) is 9.59 Å². The van der Waals surface area contributed by atoms with Crippen LogP contribution in [0, 0.1) is 13.8 Å². The van der Waals surface area contributed by atoms with E-state index >= 15 is 0 Å². The molecule has 3 heterocycles. The number of imide groups is 1. The zero-order valence-electron chi connectivity index (χ0n) is 18.0. The summed E-state index contributed by atoms with van der Waals surface area (Å²) in [6.45, 7) is 8.33. The molecule has 0 aromatic heterocycles. The number of anilines is 1. The summed E-state index contributed by atoms with van der Waals surface area (Å²) in [7, 11) is 0. The SMILES string of the molecule is Cc1ccc(N2C(=O)CC(N3CCN(Cc4ccc5c(c4)OCO5)CC3)C2=O)c(C)c1. The van der Waals surface area contributed by atoms with Crippen LogP contribution in [0.3, 0.4) is 0 Å². The Hall–Kier alpha value is -2.90. The first kappa shape index (κ1) is 20.0. The van der Waals surface area contributed by atoms with Gasteiger partial charge in [-0.25, -0.2) is 4.90 Å². The van der Waals surface area contributed by atoms with Crippen LogP contribution in [0.2, 0.25) is 0 Å². The fourth-order valence-electron chi connectivity index (χ4n) is 4.74. The van der Waals surface area contributed by atoms with Crippen LogP contribution in [0.1, 0.15) is 23.1 Å². The van der Waals surface area contributed by atoms with Gasteiger partial charge in [-0.05, 0) is 43.2 Å². The van der Waals surface area contributed by atoms with Crippen LogP contribution in [0.5, 0.6) is 11.5 Å². The molecule has 31 heavy (non-hydrogen) atoms. The minimum atomic E-state index is -0.360. The number of carbonyl (C=O) groups excluding carboxylic acids is 2. The van der Waals surface area contributed by atoms with Gasteiger partial charge in [0.15, 0.2) is 11.5 Å². The van der Waals surface area contributed by atoms with E-state index in [0.29, 0.717) is 5.69 Å². The summed E-state index contributed by atoms with van der Waals surface area (Å²) in [6.07, 6.45) is 0.258. The standard InChI is InChI=1S/C24H27N3O4/c1-16-3-5-19(17(2)11-16)27-23(28)13-20(24(27)29)26-9-7-25(8-10-26)14-18-4-6-21-22(12-18)31-15-30-21/h3-6,11-12,20H,7-10,13-15H2,1-2H3. The van der Waals surface area contributed by atoms with Crippen molar-refractivity contribution in [3.8, 4) is 11.5 Å². The van der Waals surface area contributed by atoms with Crippen molar-refractivity contribution in [2.24, 2.45) is 0 Å². The summed E-state index contributed by atoms with van der Waals surface area (Å²) in [4.78, 5) is 31.8. The third-order valence-electron chi connectivity index (χ3n) is 6.41. The fraction of sp³-hybridized carbons (Fsp3) is 0.417. The molecule has 7 heteroatoms. The normalized spacial score (nSPS) is 21.9. The Balaban J connectivity index is 1.21. The first-order valence-corrected chi connectivity index (χ1v) is 10.8. The quantitative estimate of drug-likeness (QED) is 0.707. The fourth-order valence-corrected chi connectivity index (χ4v) is 4.74. The van der Waals surface area contributed by atoms with Crippen LogP contribution in [-0.2, 0) is 16.1 Å². The maximum absolute atomic E-state index is 13.2. The summed E-state index contributed by atoms with van der Waals surface area (Å²) in [5.74, 6) is 1.40. The van der Waals surface area contributed by atoms with Crippen molar-refractivity contribution in [3.05, 3.63) is 53.1 Å². The zero-order valence-corrected chi connectivity index (χ0v) is 18.0. The second-order valence-corrected chi connectivity index (χ2v) is 8.58. The number of rotatable bonds is 4. The smallest absolute Gasteiger partial charge is 0.251 e. The Labute approximate surface area is 182 Å². The minimum Gasteiger partial charge on any atom is -0.454 e. The largest absolute Gasteiger partial charge is 0.454 e. The van der Waals surface area contributed by atoms with Crippen molar-refractivity contribution < 1.29 is 19.1 Å². The highest BCUT2D eigenvalue weighted by molar-refractivity contribution is 6.22. The Morgan fingerprint density at radius 2 is 1.71 bits per heavy atom. The van der Waals surface area contributed by atoms with Crippen molar-refractivity contribution in [1.29, 1.82) is 0 Å². The lowest BCUT2D eigenvalue weighted by Gasteiger charge is -2.37. The van der Waals surface area contributed by atoms with Gasteiger partial charge in [0.1, 0.15) is 0 Å². The van der Waals surface area contributed by atoms with Gasteiger partial charge in [0, 0.05) is 32.7 Å². The van der Waals surface area contributed by atoms with Crippen LogP contribution in [-0.4, -0.2) is 60.6 Å². The van der Waals surface area contributed by atoms with Gasteiger partial charge in [0.2, 0.25) is 12.7 Å². The summed E-state index contributed by atoms with van der Waals surface area (Å²) < 4.78 is 10.9. The lowest BCUT2D eigenvalue weighted by molar-refractivity contribution is -0.123. The monoisotopic (exact) mass is 421 g/mol. The van der Waals surface area contributed by atoms with Crippen molar-refractivity contribution >= 4 is 17.5 Å². The zero-order chi connectivity index (χ0) is 21.5. The third-order valence-corrected chi connectivity index (χ3v) is 6.41. The molecular weight excluding hydrogens is 394 g/mol. The Morgan fingerprint density at radius 1 is 0.935 bits per heavy atom. The average molecular weight is 421 g/mol. The first-order chi connectivity index (χ1) is 15.0. The van der Waals surface area contributed by atoms with Crippen LogP contribution >= 0.6 is 0 Å². The number of nitrogens with zero attached hydrogens (tertiary/aromatic N) is 3. The van der Waals surface area contributed by atoms with E-state index in [1.165, 1.54) is 10.5 Å². The summed E-state index contributed by atoms with van der Waals surface area (Å²) in [6, 6.07) is 11.5. The average Bonchev–Trinajstić information content (AvgIpc) is 3.33. The van der Waals surface area contributed by atoms with Gasteiger partial charge in [0.25, 0.3) is 5.91 Å². The van der Waals surface area contributed by atoms with Gasteiger partial charge >= 0.3 is 0 Å². The Kier molecular flexibility index (Phi) is 5.16. The number of ether oxygens (including phenoxy) is 2. The molecule has 162 valence electrons. The molecule has 0 N–H and O–H groups in total. The van der Waals surface area contributed by atoms with Gasteiger partial charge < -0.3 is 9.47 Å². The maximum atomic E-state index is 13.2. The van der Waals surface area contributed by atoms with Gasteiger partial charge in [-0.2, -0.15) is 0 Å². The van der Waals surface area contributed by atoms with Crippen molar-refractivity contribution in [1.82, 2.24) is 9.80 Å². The van der Waals surface area contributed by atoms with Crippen LogP contribution in [0.4, 0.5) is 5.69 Å². The highest BCUT2D eigenvalue weighted by Gasteiger charge is 2.43. The second kappa shape index (κ2) is 7.98. The van der Waals surface area contributed by atoms with Crippen LogP contribution < -0.4 is 14.4 Å². The highest BCUT2D eigenvalue weighted by Crippen LogP contribution is 2.33. The number of hydrogen-bond donors (Lipinski definition) is 0. The predicted molar refractivity (Wildman–Crippen MR) is 116 cm³/mol. The van der Waals surface area contributed by atoms with Crippen LogP contribution in [0.25, 0.3) is 0 Å². The number of aryl methyl sites for hydroxylation is 2. The molecule has 2 amide bonds. The molecule has 2 fully saturated rings. The molecule has 0 bridgehead atoms. The van der Waals surface area contributed by atoms with E-state index in [0.717, 1.165) is 55.3 Å². The van der Waals surface area contributed by atoms with E-state index in [2.05, 4.69) is 15.9 Å². The molecule has 5 rings (SSSR count). The molecule has 2 saturated heterocycles. The Bertz CT molecular complexity index is 1030. The topological polar surface area (TPSA) is 62.3 Å². The molecule has 1 unspecified atom stereocenters. The highest BCUT2D eigenvalue weighted by atomic mass is 16.7. The molecule has 3 aliphatic heterocycles. The molecule has 7 nitrogen and oxygen atoms in total. The molecular formula is C24H27N3O4. The lowest BCUT2D eigenvalue weighted by Crippen LogP contribution is -2.52. The van der Waals surface area contributed by atoms with E-state index in [1.54, 1.807) is 0 Å². The molecule has 2 aromatic rings. The summed E-state index contributed by atoms with van der Waals surface area (Å²) >= 11 is 0. The molecule has 0 spiro atoms. The van der Waals surface area contributed by atoms with Gasteiger partial charge in [-0.3, -0.25) is 19.4 Å². The lowest BCUT2D eigenvalue weighted by atomic mass is 10.1. The second-order valence-electron chi connectivity index (χ2n) is 8.58. The Morgan fingerprint density at radius 3 is 2.48 bits per heavy atom. The third kappa shape index (κ3) is 3.79. The number of amides is 2. The molecule has 2 aromatic carbocycles. The number of benzene rings is 2. The van der Waals surface area contributed by atoms with Gasteiger partial charge in [0.05, 0.1) is 18.2 Å². The van der Waals surface area contributed by atoms with Crippen molar-refractivity contribution in [3.63, 3.8) is 0 Å². The minimum absolute atomic E-state index is 0.0961. The van der Waals surface area contributed by atoms with Crippen molar-refractivity contribution in [2.45, 2.75) is 32.9 Å². The molecule has 3 aliphatic rings. The van der Waals surface area contributed by atoms with Gasteiger partial charge in [-0.15, -0.1) is 0 Å². The number of carbonyl (C=O) groups is 2. The number of hydrogen-bond acceptors (Lipinski definition) is 6. The molecule has 0 radical (unpaired) electrons. The molecule has 0 saturated carbocycles. The number of piperazine rings is 1. The maximum Gasteiger partial charge on any atom is 0.251 e. The predicted octanol–water partition coefficient (Wildman–Crippen LogP) is 2.48. The summed E-state index contributed by atoms with van der Waals surface area (Å²) in [5, 5.41) is 0.